The molecule has 1 aliphatic carbocycles. The second kappa shape index (κ2) is 6.48. The van der Waals surface area contributed by atoms with E-state index in [1.54, 1.807) is 0 Å². The summed E-state index contributed by atoms with van der Waals surface area (Å²) in [6, 6.07) is 9.86. The molecule has 114 valence electrons. The van der Waals surface area contributed by atoms with Crippen LogP contribution in [0.15, 0.2) is 30.3 Å². The van der Waals surface area contributed by atoms with Gasteiger partial charge in [-0.05, 0) is 37.3 Å². The van der Waals surface area contributed by atoms with E-state index in [0.717, 1.165) is 44.8 Å². The van der Waals surface area contributed by atoms with Gasteiger partial charge < -0.3 is 14.8 Å². The van der Waals surface area contributed by atoms with Gasteiger partial charge in [0.05, 0.1) is 6.61 Å². The zero-order chi connectivity index (χ0) is 14.5. The first-order valence-corrected chi connectivity index (χ1v) is 7.78. The first kappa shape index (κ1) is 14.4. The highest BCUT2D eigenvalue weighted by Gasteiger charge is 2.43. The summed E-state index contributed by atoms with van der Waals surface area (Å²) >= 11 is 0. The lowest BCUT2D eigenvalue weighted by atomic mass is 10.0. The first-order chi connectivity index (χ1) is 10.3. The highest BCUT2D eigenvalue weighted by atomic mass is 16.5. The third-order valence-electron chi connectivity index (χ3n) is 4.40. The average Bonchev–Trinajstić information content (AvgIpc) is 3.11. The van der Waals surface area contributed by atoms with Gasteiger partial charge in [-0.2, -0.15) is 0 Å². The summed E-state index contributed by atoms with van der Waals surface area (Å²) in [5, 5.41) is 3.07. The van der Waals surface area contributed by atoms with E-state index in [4.69, 9.17) is 9.47 Å². The molecule has 21 heavy (non-hydrogen) atoms. The fourth-order valence-corrected chi connectivity index (χ4v) is 2.67. The van der Waals surface area contributed by atoms with Crippen LogP contribution in [0.3, 0.4) is 0 Å². The van der Waals surface area contributed by atoms with Crippen molar-refractivity contribution >= 4 is 5.91 Å². The number of hydrogen-bond donors (Lipinski definition) is 1. The predicted octanol–water partition coefficient (Wildman–Crippen LogP) is 2.39. The SMILES string of the molecule is O=C(C[C@H]1CCOC1)NCC1(COc2ccccc2)CC1. The van der Waals surface area contributed by atoms with Gasteiger partial charge in [-0.15, -0.1) is 0 Å². The maximum atomic E-state index is 11.9. The van der Waals surface area contributed by atoms with Crippen molar-refractivity contribution in [2.24, 2.45) is 11.3 Å². The monoisotopic (exact) mass is 289 g/mol. The number of nitrogens with one attached hydrogen (secondary N) is 1. The van der Waals surface area contributed by atoms with Crippen LogP contribution < -0.4 is 10.1 Å². The molecular weight excluding hydrogens is 266 g/mol. The molecule has 0 spiro atoms. The van der Waals surface area contributed by atoms with Crippen molar-refractivity contribution in [3.05, 3.63) is 30.3 Å². The van der Waals surface area contributed by atoms with Gasteiger partial charge >= 0.3 is 0 Å². The maximum absolute atomic E-state index is 11.9. The van der Waals surface area contributed by atoms with E-state index in [9.17, 15) is 4.79 Å². The Balaban J connectivity index is 1.39. The van der Waals surface area contributed by atoms with Crippen LogP contribution in [-0.2, 0) is 9.53 Å². The molecule has 2 aliphatic rings. The summed E-state index contributed by atoms with van der Waals surface area (Å²) < 4.78 is 11.1. The standard InChI is InChI=1S/C17H23NO3/c19-16(10-14-6-9-20-11-14)18-12-17(7-8-17)13-21-15-4-2-1-3-5-15/h1-5,14H,6-13H2,(H,18,19)/t14-/m1/s1. The van der Waals surface area contributed by atoms with Gasteiger partial charge in [0, 0.05) is 31.6 Å². The molecule has 1 saturated carbocycles. The molecular formula is C17H23NO3. The Hall–Kier alpha value is -1.55. The molecule has 1 atom stereocenters. The number of para-hydroxylation sites is 1. The molecule has 3 rings (SSSR count). The van der Waals surface area contributed by atoms with Gasteiger partial charge in [0.2, 0.25) is 5.91 Å². The summed E-state index contributed by atoms with van der Waals surface area (Å²) in [4.78, 5) is 11.9. The van der Waals surface area contributed by atoms with E-state index < -0.39 is 0 Å². The molecule has 0 aromatic heterocycles. The quantitative estimate of drug-likeness (QED) is 0.838. The zero-order valence-corrected chi connectivity index (χ0v) is 12.3. The Labute approximate surface area is 125 Å². The summed E-state index contributed by atoms with van der Waals surface area (Å²) in [7, 11) is 0. The molecule has 4 nitrogen and oxygen atoms in total. The lowest BCUT2D eigenvalue weighted by Crippen LogP contribution is -2.34. The number of rotatable bonds is 7. The van der Waals surface area contributed by atoms with Crippen molar-refractivity contribution in [3.8, 4) is 5.75 Å². The highest BCUT2D eigenvalue weighted by molar-refractivity contribution is 5.76. The molecule has 0 radical (unpaired) electrons. The van der Waals surface area contributed by atoms with Crippen LogP contribution in [0.5, 0.6) is 5.75 Å². The minimum atomic E-state index is 0.150. The molecule has 1 aromatic rings. The topological polar surface area (TPSA) is 47.6 Å². The van der Waals surface area contributed by atoms with Gasteiger partial charge in [-0.3, -0.25) is 4.79 Å². The largest absolute Gasteiger partial charge is 0.493 e. The van der Waals surface area contributed by atoms with Gasteiger partial charge in [0.15, 0.2) is 0 Å². The van der Waals surface area contributed by atoms with E-state index in [0.29, 0.717) is 18.9 Å². The van der Waals surface area contributed by atoms with Crippen molar-refractivity contribution in [1.29, 1.82) is 0 Å². The second-order valence-corrected chi connectivity index (χ2v) is 6.31. The van der Waals surface area contributed by atoms with E-state index in [1.165, 1.54) is 0 Å². The number of benzene rings is 1. The lowest BCUT2D eigenvalue weighted by molar-refractivity contribution is -0.122. The molecule has 1 N–H and O–H groups in total. The van der Waals surface area contributed by atoms with Gasteiger partial charge in [-0.25, -0.2) is 0 Å². The van der Waals surface area contributed by atoms with Crippen molar-refractivity contribution < 1.29 is 14.3 Å². The molecule has 0 bridgehead atoms. The fourth-order valence-electron chi connectivity index (χ4n) is 2.67. The average molecular weight is 289 g/mol. The Morgan fingerprint density at radius 2 is 2.14 bits per heavy atom. The minimum Gasteiger partial charge on any atom is -0.493 e. The molecule has 0 unspecified atom stereocenters. The predicted molar refractivity (Wildman–Crippen MR) is 80.2 cm³/mol. The van der Waals surface area contributed by atoms with E-state index in [1.807, 2.05) is 30.3 Å². The van der Waals surface area contributed by atoms with Crippen LogP contribution in [0.25, 0.3) is 0 Å². The van der Waals surface area contributed by atoms with Crippen molar-refractivity contribution in [2.75, 3.05) is 26.4 Å². The van der Waals surface area contributed by atoms with Crippen LogP contribution in [0.4, 0.5) is 0 Å². The third-order valence-corrected chi connectivity index (χ3v) is 4.40. The summed E-state index contributed by atoms with van der Waals surface area (Å²) in [5.41, 5.74) is 0.150. The summed E-state index contributed by atoms with van der Waals surface area (Å²) in [6.45, 7) is 2.94. The molecule has 1 aromatic carbocycles. The molecule has 1 saturated heterocycles. The Bertz CT molecular complexity index is 464. The van der Waals surface area contributed by atoms with Crippen molar-refractivity contribution in [3.63, 3.8) is 0 Å². The van der Waals surface area contributed by atoms with Crippen LogP contribution >= 0.6 is 0 Å². The summed E-state index contributed by atoms with van der Waals surface area (Å²) in [6.07, 6.45) is 3.87. The molecule has 1 amide bonds. The van der Waals surface area contributed by atoms with E-state index in [-0.39, 0.29) is 11.3 Å². The second-order valence-electron chi connectivity index (χ2n) is 6.31. The van der Waals surface area contributed by atoms with Crippen LogP contribution in [0, 0.1) is 11.3 Å². The van der Waals surface area contributed by atoms with Gasteiger partial charge in [-0.1, -0.05) is 18.2 Å². The number of amides is 1. The maximum Gasteiger partial charge on any atom is 0.220 e. The number of hydrogen-bond acceptors (Lipinski definition) is 3. The Kier molecular flexibility index (Phi) is 4.44. The molecule has 4 heteroatoms. The number of ether oxygens (including phenoxy) is 2. The number of carbonyl (C=O) groups is 1. The van der Waals surface area contributed by atoms with Crippen LogP contribution in [0.1, 0.15) is 25.7 Å². The van der Waals surface area contributed by atoms with Crippen molar-refractivity contribution in [1.82, 2.24) is 5.32 Å². The zero-order valence-electron chi connectivity index (χ0n) is 12.3. The van der Waals surface area contributed by atoms with Crippen molar-refractivity contribution in [2.45, 2.75) is 25.7 Å². The van der Waals surface area contributed by atoms with Gasteiger partial charge in [0.1, 0.15) is 5.75 Å². The lowest BCUT2D eigenvalue weighted by Gasteiger charge is -2.17. The Morgan fingerprint density at radius 3 is 2.81 bits per heavy atom. The number of carbonyl (C=O) groups excluding carboxylic acids is 1. The first-order valence-electron chi connectivity index (χ1n) is 7.78. The Morgan fingerprint density at radius 1 is 1.33 bits per heavy atom. The molecule has 1 aliphatic heterocycles. The van der Waals surface area contributed by atoms with Gasteiger partial charge in [0.25, 0.3) is 0 Å². The van der Waals surface area contributed by atoms with E-state index >= 15 is 0 Å². The van der Waals surface area contributed by atoms with Crippen LogP contribution in [0.2, 0.25) is 0 Å². The fraction of sp³-hybridized carbons (Fsp3) is 0.588. The third kappa shape index (κ3) is 4.21. The normalized spacial score (nSPS) is 22.8. The van der Waals surface area contributed by atoms with Crippen LogP contribution in [-0.4, -0.2) is 32.3 Å². The highest BCUT2D eigenvalue weighted by Crippen LogP contribution is 2.45. The molecule has 2 fully saturated rings. The molecule has 1 heterocycles. The van der Waals surface area contributed by atoms with E-state index in [2.05, 4.69) is 5.32 Å². The smallest absolute Gasteiger partial charge is 0.220 e. The minimum absolute atomic E-state index is 0.150. The summed E-state index contributed by atoms with van der Waals surface area (Å²) in [5.74, 6) is 1.45.